The van der Waals surface area contributed by atoms with Crippen molar-refractivity contribution in [1.82, 2.24) is 5.32 Å². The molecule has 0 aromatic carbocycles. The zero-order valence-corrected chi connectivity index (χ0v) is 10.5. The summed E-state index contributed by atoms with van der Waals surface area (Å²) in [6, 6.07) is 0.341. The van der Waals surface area contributed by atoms with Gasteiger partial charge in [0.2, 0.25) is 0 Å². The van der Waals surface area contributed by atoms with Gasteiger partial charge in [0.25, 0.3) is 5.92 Å². The van der Waals surface area contributed by atoms with Crippen LogP contribution in [0.3, 0.4) is 0 Å². The molecule has 1 aliphatic heterocycles. The summed E-state index contributed by atoms with van der Waals surface area (Å²) < 4.78 is 32.2. The fourth-order valence-electron chi connectivity index (χ4n) is 3.66. The highest BCUT2D eigenvalue weighted by atomic mass is 19.3. The van der Waals surface area contributed by atoms with Gasteiger partial charge in [0.15, 0.2) is 0 Å². The van der Waals surface area contributed by atoms with Gasteiger partial charge >= 0.3 is 0 Å². The second-order valence-electron chi connectivity index (χ2n) is 6.54. The number of rotatable bonds is 2. The molecule has 1 heterocycles. The van der Waals surface area contributed by atoms with E-state index < -0.39 is 5.92 Å². The van der Waals surface area contributed by atoms with Crippen LogP contribution >= 0.6 is 0 Å². The number of hydrogen-bond acceptors (Lipinski definition) is 2. The Bertz CT molecular complexity index is 319. The largest absolute Gasteiger partial charge is 0.381 e. The van der Waals surface area contributed by atoms with E-state index in [9.17, 15) is 8.78 Å². The van der Waals surface area contributed by atoms with E-state index in [2.05, 4.69) is 19.2 Å². The Morgan fingerprint density at radius 1 is 1.18 bits per heavy atom. The zero-order valence-electron chi connectivity index (χ0n) is 10.5. The van der Waals surface area contributed by atoms with E-state index in [1.165, 1.54) is 0 Å². The van der Waals surface area contributed by atoms with Crippen LogP contribution in [-0.4, -0.2) is 31.2 Å². The topological polar surface area (TPSA) is 21.3 Å². The van der Waals surface area contributed by atoms with Crippen LogP contribution in [0.5, 0.6) is 0 Å². The first-order chi connectivity index (χ1) is 7.93. The van der Waals surface area contributed by atoms with Crippen LogP contribution in [0.1, 0.15) is 33.1 Å². The van der Waals surface area contributed by atoms with Crippen LogP contribution in [0.15, 0.2) is 0 Å². The molecule has 0 aromatic heterocycles. The van der Waals surface area contributed by atoms with Crippen molar-refractivity contribution in [2.75, 3.05) is 13.2 Å². The van der Waals surface area contributed by atoms with Crippen LogP contribution in [0, 0.1) is 17.3 Å². The molecule has 1 saturated heterocycles. The number of hydrogen-bond donors (Lipinski definition) is 1. The summed E-state index contributed by atoms with van der Waals surface area (Å²) >= 11 is 0. The van der Waals surface area contributed by atoms with Crippen molar-refractivity contribution in [3.63, 3.8) is 0 Å². The number of fused-ring (bicyclic) bond motifs is 1. The lowest BCUT2D eigenvalue weighted by molar-refractivity contribution is -0.0199. The van der Waals surface area contributed by atoms with Gasteiger partial charge in [0, 0.05) is 35.9 Å². The van der Waals surface area contributed by atoms with Gasteiger partial charge in [-0.2, -0.15) is 0 Å². The van der Waals surface area contributed by atoms with Gasteiger partial charge in [0.05, 0.1) is 6.61 Å². The fraction of sp³-hybridized carbons (Fsp3) is 1.00. The molecule has 0 spiro atoms. The fourth-order valence-corrected chi connectivity index (χ4v) is 3.66. The van der Waals surface area contributed by atoms with Gasteiger partial charge in [-0.3, -0.25) is 0 Å². The van der Waals surface area contributed by atoms with Gasteiger partial charge in [-0.25, -0.2) is 8.78 Å². The molecule has 0 aromatic rings. The number of halogens is 2. The van der Waals surface area contributed by atoms with Gasteiger partial charge < -0.3 is 10.1 Å². The molecule has 4 atom stereocenters. The van der Waals surface area contributed by atoms with E-state index in [0.29, 0.717) is 12.5 Å². The summed E-state index contributed by atoms with van der Waals surface area (Å²) in [5.41, 5.74) is 0.0561. The minimum absolute atomic E-state index is 0.0253. The predicted molar refractivity (Wildman–Crippen MR) is 61.1 cm³/mol. The molecule has 2 aliphatic carbocycles. The summed E-state index contributed by atoms with van der Waals surface area (Å²) in [6.45, 7) is 5.78. The lowest BCUT2D eigenvalue weighted by atomic mass is 9.81. The maximum Gasteiger partial charge on any atom is 0.256 e. The Kier molecular flexibility index (Phi) is 2.54. The monoisotopic (exact) mass is 245 g/mol. The standard InChI is InChI=1S/C13H21F2NO/c1-12(2)7-17-6-5-10(12)16-9-4-3-8-11(9)13(8,14)15/h8-11,16H,3-7H2,1-2H3. The molecular weight excluding hydrogens is 224 g/mol. The van der Waals surface area contributed by atoms with Gasteiger partial charge in [-0.15, -0.1) is 0 Å². The van der Waals surface area contributed by atoms with Crippen molar-refractivity contribution >= 4 is 0 Å². The molecule has 4 heteroatoms. The molecule has 3 fully saturated rings. The molecule has 3 aliphatic rings. The second kappa shape index (κ2) is 3.64. The second-order valence-corrected chi connectivity index (χ2v) is 6.54. The van der Waals surface area contributed by atoms with Gasteiger partial charge in [0.1, 0.15) is 0 Å². The highest BCUT2D eigenvalue weighted by Gasteiger charge is 2.73. The third-order valence-electron chi connectivity index (χ3n) is 4.87. The minimum atomic E-state index is -2.38. The number of alkyl halides is 2. The van der Waals surface area contributed by atoms with E-state index in [-0.39, 0.29) is 23.3 Å². The quantitative estimate of drug-likeness (QED) is 0.806. The molecule has 0 bridgehead atoms. The molecule has 17 heavy (non-hydrogen) atoms. The van der Waals surface area contributed by atoms with Crippen molar-refractivity contribution < 1.29 is 13.5 Å². The maximum absolute atomic E-state index is 13.4. The summed E-state index contributed by atoms with van der Waals surface area (Å²) in [5, 5.41) is 3.50. The lowest BCUT2D eigenvalue weighted by Crippen LogP contribution is -2.52. The van der Waals surface area contributed by atoms with Gasteiger partial charge in [-0.1, -0.05) is 13.8 Å². The average molecular weight is 245 g/mol. The SMILES string of the molecule is CC1(C)COCCC1NC1CCC2C1C2(F)F. The molecular formula is C13H21F2NO. The molecule has 0 radical (unpaired) electrons. The minimum Gasteiger partial charge on any atom is -0.381 e. The van der Waals surface area contributed by atoms with E-state index >= 15 is 0 Å². The van der Waals surface area contributed by atoms with E-state index in [1.807, 2.05) is 0 Å². The van der Waals surface area contributed by atoms with Crippen molar-refractivity contribution in [2.24, 2.45) is 17.3 Å². The molecule has 3 rings (SSSR count). The van der Waals surface area contributed by atoms with Crippen LogP contribution in [0.25, 0.3) is 0 Å². The van der Waals surface area contributed by atoms with Gasteiger partial charge in [-0.05, 0) is 19.3 Å². The maximum atomic E-state index is 13.4. The Morgan fingerprint density at radius 3 is 2.53 bits per heavy atom. The molecule has 2 nitrogen and oxygen atoms in total. The highest BCUT2D eigenvalue weighted by molar-refractivity contribution is 5.15. The van der Waals surface area contributed by atoms with Crippen molar-refractivity contribution in [3.8, 4) is 0 Å². The Labute approximate surface area is 101 Å². The molecule has 2 saturated carbocycles. The summed E-state index contributed by atoms with van der Waals surface area (Å²) in [7, 11) is 0. The molecule has 98 valence electrons. The van der Waals surface area contributed by atoms with Crippen LogP contribution in [0.2, 0.25) is 0 Å². The Hall–Kier alpha value is -0.220. The van der Waals surface area contributed by atoms with E-state index in [1.54, 1.807) is 0 Å². The molecule has 4 unspecified atom stereocenters. The summed E-state index contributed by atoms with van der Waals surface area (Å²) in [6.07, 6.45) is 2.55. The third-order valence-corrected chi connectivity index (χ3v) is 4.87. The first-order valence-electron chi connectivity index (χ1n) is 6.64. The van der Waals surface area contributed by atoms with E-state index in [0.717, 1.165) is 26.1 Å². The first-order valence-corrected chi connectivity index (χ1v) is 6.64. The Morgan fingerprint density at radius 2 is 1.94 bits per heavy atom. The average Bonchev–Trinajstić information content (AvgIpc) is 2.60. The summed E-state index contributed by atoms with van der Waals surface area (Å²) in [5.74, 6) is -3.10. The Balaban J connectivity index is 1.64. The lowest BCUT2D eigenvalue weighted by Gasteiger charge is -2.40. The number of nitrogens with one attached hydrogen (secondary N) is 1. The van der Waals surface area contributed by atoms with Crippen molar-refractivity contribution in [2.45, 2.75) is 51.1 Å². The predicted octanol–water partition coefficient (Wildman–Crippen LogP) is 2.43. The zero-order chi connectivity index (χ0) is 12.3. The molecule has 1 N–H and O–H groups in total. The normalized spacial score (nSPS) is 46.6. The van der Waals surface area contributed by atoms with E-state index in [4.69, 9.17) is 4.74 Å². The van der Waals surface area contributed by atoms with Crippen LogP contribution in [-0.2, 0) is 4.74 Å². The van der Waals surface area contributed by atoms with Crippen LogP contribution < -0.4 is 5.32 Å². The summed E-state index contributed by atoms with van der Waals surface area (Å²) in [4.78, 5) is 0. The smallest absolute Gasteiger partial charge is 0.256 e. The van der Waals surface area contributed by atoms with Crippen molar-refractivity contribution in [3.05, 3.63) is 0 Å². The highest BCUT2D eigenvalue weighted by Crippen LogP contribution is 2.64. The first kappa shape index (κ1) is 11.8. The van der Waals surface area contributed by atoms with Crippen LogP contribution in [0.4, 0.5) is 8.78 Å². The third kappa shape index (κ3) is 1.80. The molecule has 0 amide bonds. The number of ether oxygens (including phenoxy) is 1. The van der Waals surface area contributed by atoms with Crippen molar-refractivity contribution in [1.29, 1.82) is 0 Å².